The molecule has 3 aromatic rings. The standard InChI is InChI=1S/C34H40ClN5O6S.2ClH/c1-4-46-31-8-6-5-7-28(31)34(36-33(42)39-17-15-25(16-18-39)38-21-19-37(2)20-22-38)29-23-24(35)9-14-30(29)40(32(34)41)47(43,44)27-12-10-26(45-3)11-13-27;;/h5-14,23,25H,4,15-22H2,1-3H3,(H,36,42);2*1H. The van der Waals surface area contributed by atoms with Crippen LogP contribution in [0.3, 0.4) is 0 Å². The van der Waals surface area contributed by atoms with Crippen LogP contribution in [0.2, 0.25) is 5.02 Å². The maximum atomic E-state index is 15.0. The van der Waals surface area contributed by atoms with Gasteiger partial charge in [0.05, 0.1) is 24.3 Å². The number of piperazine rings is 1. The van der Waals surface area contributed by atoms with Crippen LogP contribution in [-0.2, 0) is 20.4 Å². The van der Waals surface area contributed by atoms with E-state index in [9.17, 15) is 18.0 Å². The van der Waals surface area contributed by atoms with Crippen LogP contribution in [0, 0.1) is 0 Å². The molecule has 2 saturated heterocycles. The van der Waals surface area contributed by atoms with Gasteiger partial charge in [0.25, 0.3) is 15.9 Å². The van der Waals surface area contributed by atoms with E-state index in [1.54, 1.807) is 35.2 Å². The van der Waals surface area contributed by atoms with Crippen LogP contribution in [0.4, 0.5) is 10.5 Å². The summed E-state index contributed by atoms with van der Waals surface area (Å²) in [7, 11) is -0.848. The van der Waals surface area contributed by atoms with Gasteiger partial charge < -0.3 is 24.6 Å². The molecule has 2 fully saturated rings. The quantitative estimate of drug-likeness (QED) is 0.343. The Morgan fingerprint density at radius 2 is 1.59 bits per heavy atom. The molecule has 3 aromatic carbocycles. The number of hydrogen-bond donors (Lipinski definition) is 1. The molecule has 0 spiro atoms. The molecule has 0 aromatic heterocycles. The second-order valence-electron chi connectivity index (χ2n) is 12.1. The lowest BCUT2D eigenvalue weighted by atomic mass is 9.83. The van der Waals surface area contributed by atoms with Crippen molar-refractivity contribution < 1.29 is 27.5 Å². The minimum atomic E-state index is -4.46. The van der Waals surface area contributed by atoms with Crippen LogP contribution >= 0.6 is 36.4 Å². The molecule has 15 heteroatoms. The highest BCUT2D eigenvalue weighted by atomic mass is 35.5. The lowest BCUT2D eigenvalue weighted by Gasteiger charge is -2.42. The summed E-state index contributed by atoms with van der Waals surface area (Å²) in [5.41, 5.74) is -1.32. The van der Waals surface area contributed by atoms with Gasteiger partial charge in [0.1, 0.15) is 11.5 Å². The molecule has 266 valence electrons. The SMILES string of the molecule is CCOc1ccccc1C1(NC(=O)N2CCC(N3CCN(C)CC3)CC2)C(=O)N(S(=O)(=O)c2ccc(OC)cc2)c2ccc(Cl)cc21.Cl.Cl. The van der Waals surface area contributed by atoms with Gasteiger partial charge in [-0.1, -0.05) is 29.8 Å². The Labute approximate surface area is 305 Å². The molecule has 3 aliphatic rings. The number of carbonyl (C=O) groups is 2. The summed E-state index contributed by atoms with van der Waals surface area (Å²) in [5.74, 6) is -0.0574. The number of nitrogens with one attached hydrogen (secondary N) is 1. The van der Waals surface area contributed by atoms with Gasteiger partial charge >= 0.3 is 6.03 Å². The molecule has 3 heterocycles. The van der Waals surface area contributed by atoms with Gasteiger partial charge in [-0.05, 0) is 75.3 Å². The van der Waals surface area contributed by atoms with Crippen molar-refractivity contribution in [1.29, 1.82) is 0 Å². The first-order valence-electron chi connectivity index (χ1n) is 15.9. The van der Waals surface area contributed by atoms with E-state index in [4.69, 9.17) is 21.1 Å². The van der Waals surface area contributed by atoms with Crippen molar-refractivity contribution in [2.45, 2.75) is 36.2 Å². The average molecular weight is 755 g/mol. The minimum Gasteiger partial charge on any atom is -0.497 e. The van der Waals surface area contributed by atoms with Crippen molar-refractivity contribution in [3.8, 4) is 11.5 Å². The van der Waals surface area contributed by atoms with Crippen LogP contribution in [-0.4, -0.2) is 101 Å². The average Bonchev–Trinajstić information content (AvgIpc) is 3.33. The Kier molecular flexibility index (Phi) is 12.4. The molecule has 6 rings (SSSR count). The van der Waals surface area contributed by atoms with Crippen molar-refractivity contribution in [1.82, 2.24) is 20.0 Å². The minimum absolute atomic E-state index is 0. The number of fused-ring (bicyclic) bond motifs is 1. The van der Waals surface area contributed by atoms with Gasteiger partial charge in [0.2, 0.25) is 0 Å². The topological polar surface area (TPSA) is 112 Å². The van der Waals surface area contributed by atoms with E-state index < -0.39 is 27.5 Å². The maximum absolute atomic E-state index is 15.0. The second kappa shape index (κ2) is 15.7. The summed E-state index contributed by atoms with van der Waals surface area (Å²) in [4.78, 5) is 35.6. The van der Waals surface area contributed by atoms with Gasteiger partial charge in [0.15, 0.2) is 5.54 Å². The smallest absolute Gasteiger partial charge is 0.318 e. The Bertz CT molecular complexity index is 1750. The van der Waals surface area contributed by atoms with E-state index in [1.807, 2.05) is 6.92 Å². The number of sulfonamides is 1. The number of piperidine rings is 1. The lowest BCUT2D eigenvalue weighted by Crippen LogP contribution is -2.59. The fourth-order valence-corrected chi connectivity index (χ4v) is 8.46. The van der Waals surface area contributed by atoms with Crippen molar-refractivity contribution in [3.63, 3.8) is 0 Å². The van der Waals surface area contributed by atoms with Crippen molar-refractivity contribution in [3.05, 3.63) is 82.9 Å². The molecule has 0 radical (unpaired) electrons. The van der Waals surface area contributed by atoms with E-state index in [0.29, 0.717) is 36.2 Å². The zero-order chi connectivity index (χ0) is 33.3. The normalized spacial score (nSPS) is 20.2. The fraction of sp³-hybridized carbons (Fsp3) is 0.412. The summed E-state index contributed by atoms with van der Waals surface area (Å²) in [5, 5.41) is 3.31. The Balaban J connectivity index is 0.00000270. The van der Waals surface area contributed by atoms with Crippen LogP contribution in [0.5, 0.6) is 11.5 Å². The Morgan fingerprint density at radius 3 is 2.22 bits per heavy atom. The van der Waals surface area contributed by atoms with E-state index >= 15 is 0 Å². The molecule has 0 aliphatic carbocycles. The number of likely N-dealkylation sites (N-methyl/N-ethyl adjacent to an activating group) is 1. The Hall–Kier alpha value is -3.26. The molecule has 1 unspecified atom stereocenters. The molecular weight excluding hydrogens is 713 g/mol. The molecule has 1 N–H and O–H groups in total. The van der Waals surface area contributed by atoms with E-state index in [1.165, 1.54) is 43.5 Å². The maximum Gasteiger partial charge on any atom is 0.318 e. The van der Waals surface area contributed by atoms with Crippen LogP contribution < -0.4 is 19.1 Å². The number of likely N-dealkylation sites (tertiary alicyclic amines) is 1. The number of rotatable bonds is 8. The number of halogens is 3. The van der Waals surface area contributed by atoms with Crippen molar-refractivity contribution in [2.24, 2.45) is 0 Å². The summed E-state index contributed by atoms with van der Waals surface area (Å²) in [6, 6.07) is 17.1. The second-order valence-corrected chi connectivity index (χ2v) is 14.3. The van der Waals surface area contributed by atoms with Crippen LogP contribution in [0.25, 0.3) is 0 Å². The van der Waals surface area contributed by atoms with Gasteiger partial charge in [-0.15, -0.1) is 24.8 Å². The predicted octanol–water partition coefficient (Wildman–Crippen LogP) is 4.99. The molecule has 1 atom stereocenters. The van der Waals surface area contributed by atoms with Gasteiger partial charge in [-0.25, -0.2) is 13.2 Å². The summed E-state index contributed by atoms with van der Waals surface area (Å²) >= 11 is 6.53. The van der Waals surface area contributed by atoms with Gasteiger partial charge in [-0.3, -0.25) is 9.69 Å². The Morgan fingerprint density at radius 1 is 0.939 bits per heavy atom. The summed E-state index contributed by atoms with van der Waals surface area (Å²) in [6.07, 6.45) is 1.60. The highest BCUT2D eigenvalue weighted by molar-refractivity contribution is 7.93. The third-order valence-electron chi connectivity index (χ3n) is 9.38. The van der Waals surface area contributed by atoms with Crippen molar-refractivity contribution in [2.75, 3.05) is 64.3 Å². The molecule has 0 bridgehead atoms. The molecule has 49 heavy (non-hydrogen) atoms. The van der Waals surface area contributed by atoms with Crippen molar-refractivity contribution >= 4 is 64.1 Å². The summed E-state index contributed by atoms with van der Waals surface area (Å²) < 4.78 is 40.5. The van der Waals surface area contributed by atoms with Crippen LogP contribution in [0.1, 0.15) is 30.9 Å². The predicted molar refractivity (Wildman–Crippen MR) is 194 cm³/mol. The van der Waals surface area contributed by atoms with E-state index in [-0.39, 0.29) is 52.6 Å². The first-order chi connectivity index (χ1) is 22.6. The number of urea groups is 1. The highest BCUT2D eigenvalue weighted by Crippen LogP contribution is 2.50. The molecule has 0 saturated carbocycles. The van der Waals surface area contributed by atoms with E-state index in [0.717, 1.165) is 43.3 Å². The summed E-state index contributed by atoms with van der Waals surface area (Å²) in [6.45, 7) is 7.11. The van der Waals surface area contributed by atoms with Crippen LogP contribution in [0.15, 0.2) is 71.6 Å². The number of amides is 3. The zero-order valence-corrected chi connectivity index (χ0v) is 30.8. The fourth-order valence-electron chi connectivity index (χ4n) is 6.82. The number of methoxy groups -OCH3 is 1. The number of nitrogens with zero attached hydrogens (tertiary/aromatic N) is 4. The number of ether oxygens (including phenoxy) is 2. The molecular formula is C34H42Cl3N5O6S. The first-order valence-corrected chi connectivity index (χ1v) is 17.7. The molecule has 3 aliphatic heterocycles. The largest absolute Gasteiger partial charge is 0.497 e. The van der Waals surface area contributed by atoms with E-state index in [2.05, 4.69) is 22.2 Å². The number of hydrogen-bond acceptors (Lipinski definition) is 8. The van der Waals surface area contributed by atoms with Gasteiger partial charge in [0, 0.05) is 61.5 Å². The number of anilines is 1. The van der Waals surface area contributed by atoms with Gasteiger partial charge in [-0.2, -0.15) is 4.31 Å². The first kappa shape index (κ1) is 38.5. The third-order valence-corrected chi connectivity index (χ3v) is 11.3. The number of para-hydroxylation sites is 1. The zero-order valence-electron chi connectivity index (χ0n) is 27.6. The number of benzene rings is 3. The molecule has 3 amide bonds. The number of carbonyl (C=O) groups excluding carboxylic acids is 2. The monoisotopic (exact) mass is 753 g/mol. The third kappa shape index (κ3) is 7.17. The highest BCUT2D eigenvalue weighted by Gasteiger charge is 2.58. The lowest BCUT2D eigenvalue weighted by molar-refractivity contribution is -0.121. The molecule has 11 nitrogen and oxygen atoms in total.